The van der Waals surface area contributed by atoms with Gasteiger partial charge in [0, 0.05) is 10.7 Å². The van der Waals surface area contributed by atoms with Crippen LogP contribution in [0.2, 0.25) is 15.1 Å². The number of thiocarbonyl (C=S) groups is 1. The normalized spacial score (nSPS) is 10.1. The molecule has 2 aromatic carbocycles. The molecule has 0 aromatic heterocycles. The molecule has 0 bridgehead atoms. The quantitative estimate of drug-likeness (QED) is 0.524. The topological polar surface area (TPSA) is 70.6 Å². The van der Waals surface area contributed by atoms with E-state index in [0.717, 1.165) is 0 Å². The maximum absolute atomic E-state index is 11.8. The highest BCUT2D eigenvalue weighted by Gasteiger charge is 2.10. The van der Waals surface area contributed by atoms with Gasteiger partial charge in [-0.2, -0.15) is 0 Å². The van der Waals surface area contributed by atoms with Gasteiger partial charge in [0.15, 0.2) is 17.5 Å². The molecule has 0 aliphatic heterocycles. The number of aromatic hydroxyl groups is 1. The summed E-state index contributed by atoms with van der Waals surface area (Å²) in [7, 11) is 0. The first kappa shape index (κ1) is 18.6. The molecule has 0 aliphatic rings. The fourth-order valence-electron chi connectivity index (χ4n) is 1.64. The summed E-state index contributed by atoms with van der Waals surface area (Å²) in [6.45, 7) is -0.222. The summed E-state index contributed by atoms with van der Waals surface area (Å²) in [6, 6.07) is 9.44. The number of carbonyl (C=O) groups excluding carboxylic acids is 1. The first-order chi connectivity index (χ1) is 11.3. The van der Waals surface area contributed by atoms with Gasteiger partial charge in [-0.15, -0.1) is 0 Å². The van der Waals surface area contributed by atoms with Crippen LogP contribution < -0.4 is 15.4 Å². The van der Waals surface area contributed by atoms with Crippen LogP contribution in [0.1, 0.15) is 0 Å². The number of hydrogen-bond acceptors (Lipinski definition) is 4. The van der Waals surface area contributed by atoms with Crippen molar-refractivity contribution in [2.45, 2.75) is 0 Å². The van der Waals surface area contributed by atoms with Crippen LogP contribution in [0.25, 0.3) is 0 Å². The molecular weight excluding hydrogens is 395 g/mol. The lowest BCUT2D eigenvalue weighted by Gasteiger charge is -2.11. The Kier molecular flexibility index (Phi) is 6.51. The number of benzene rings is 2. The molecule has 126 valence electrons. The van der Waals surface area contributed by atoms with Crippen LogP contribution in [-0.2, 0) is 4.79 Å². The number of nitrogens with one attached hydrogen (secondary N) is 2. The fraction of sp³-hybridized carbons (Fsp3) is 0.0667. The number of hydrogen-bond donors (Lipinski definition) is 3. The molecule has 2 rings (SSSR count). The molecule has 0 radical (unpaired) electrons. The number of phenolic OH excluding ortho intramolecular Hbond substituents is 1. The van der Waals surface area contributed by atoms with Crippen LogP contribution in [0.15, 0.2) is 36.4 Å². The van der Waals surface area contributed by atoms with Gasteiger partial charge in [0.25, 0.3) is 5.91 Å². The zero-order valence-electron chi connectivity index (χ0n) is 12.0. The standard InChI is InChI=1S/C15H11Cl3N2O3S/c16-8-1-3-10(4-2-8)23-7-13(21)20-15(24)19-9-5-11(17)14(22)12(18)6-9/h1-6,22H,7H2,(H2,19,20,21,24). The van der Waals surface area contributed by atoms with Crippen LogP contribution in [0.5, 0.6) is 11.5 Å². The predicted molar refractivity (Wildman–Crippen MR) is 99.4 cm³/mol. The van der Waals surface area contributed by atoms with Gasteiger partial charge in [0.05, 0.1) is 10.0 Å². The van der Waals surface area contributed by atoms with E-state index < -0.39 is 5.91 Å². The number of anilines is 1. The molecule has 0 fully saturated rings. The van der Waals surface area contributed by atoms with Crippen LogP contribution in [0.3, 0.4) is 0 Å². The summed E-state index contributed by atoms with van der Waals surface area (Å²) in [6.07, 6.45) is 0. The second kappa shape index (κ2) is 8.39. The molecule has 0 saturated carbocycles. The Hall–Kier alpha value is -1.73. The van der Waals surface area contributed by atoms with Crippen molar-refractivity contribution in [3.8, 4) is 11.5 Å². The summed E-state index contributed by atoms with van der Waals surface area (Å²) in [5.74, 6) is -0.167. The van der Waals surface area contributed by atoms with Crippen molar-refractivity contribution >= 4 is 63.7 Å². The molecular formula is C15H11Cl3N2O3S. The summed E-state index contributed by atoms with van der Waals surface area (Å²) in [4.78, 5) is 11.8. The van der Waals surface area contributed by atoms with Gasteiger partial charge < -0.3 is 15.2 Å². The third kappa shape index (κ3) is 5.42. The Morgan fingerprint density at radius 1 is 1.12 bits per heavy atom. The molecule has 9 heteroatoms. The van der Waals surface area contributed by atoms with E-state index in [1.165, 1.54) is 12.1 Å². The van der Waals surface area contributed by atoms with Gasteiger partial charge in [-0.3, -0.25) is 10.1 Å². The Bertz CT molecular complexity index is 746. The van der Waals surface area contributed by atoms with E-state index >= 15 is 0 Å². The number of ether oxygens (including phenoxy) is 1. The Morgan fingerprint density at radius 3 is 2.29 bits per heavy atom. The van der Waals surface area contributed by atoms with Crippen LogP contribution in [0, 0.1) is 0 Å². The lowest BCUT2D eigenvalue weighted by Crippen LogP contribution is -2.37. The Morgan fingerprint density at radius 2 is 1.71 bits per heavy atom. The predicted octanol–water partition coefficient (Wildman–Crippen LogP) is 4.24. The van der Waals surface area contributed by atoms with E-state index in [-0.39, 0.29) is 27.5 Å². The number of amides is 1. The van der Waals surface area contributed by atoms with Crippen molar-refractivity contribution in [1.29, 1.82) is 0 Å². The lowest BCUT2D eigenvalue weighted by molar-refractivity contribution is -0.121. The monoisotopic (exact) mass is 404 g/mol. The van der Waals surface area contributed by atoms with Crippen molar-refractivity contribution in [3.05, 3.63) is 51.5 Å². The van der Waals surface area contributed by atoms with Gasteiger partial charge in [0.1, 0.15) is 5.75 Å². The van der Waals surface area contributed by atoms with Crippen LogP contribution in [0.4, 0.5) is 5.69 Å². The molecule has 0 unspecified atom stereocenters. The highest BCUT2D eigenvalue weighted by atomic mass is 35.5. The molecule has 2 aromatic rings. The Labute approximate surface area is 158 Å². The maximum atomic E-state index is 11.8. The van der Waals surface area contributed by atoms with Crippen LogP contribution in [-0.4, -0.2) is 22.7 Å². The van der Waals surface area contributed by atoms with Gasteiger partial charge in [-0.1, -0.05) is 34.8 Å². The van der Waals surface area contributed by atoms with Crippen molar-refractivity contribution < 1.29 is 14.6 Å². The lowest BCUT2D eigenvalue weighted by atomic mass is 10.3. The second-order valence-electron chi connectivity index (χ2n) is 4.53. The Balaban J connectivity index is 1.85. The molecule has 0 heterocycles. The zero-order valence-corrected chi connectivity index (χ0v) is 15.1. The van der Waals surface area contributed by atoms with E-state index in [4.69, 9.17) is 51.8 Å². The van der Waals surface area contributed by atoms with Crippen molar-refractivity contribution in [2.75, 3.05) is 11.9 Å². The highest BCUT2D eigenvalue weighted by molar-refractivity contribution is 7.80. The number of carbonyl (C=O) groups is 1. The minimum atomic E-state index is -0.446. The van der Waals surface area contributed by atoms with Gasteiger partial charge >= 0.3 is 0 Å². The molecule has 1 amide bonds. The van der Waals surface area contributed by atoms with E-state index in [0.29, 0.717) is 16.5 Å². The minimum absolute atomic E-state index is 0.0394. The van der Waals surface area contributed by atoms with E-state index in [9.17, 15) is 9.90 Å². The van der Waals surface area contributed by atoms with Crippen molar-refractivity contribution in [1.82, 2.24) is 5.32 Å². The molecule has 0 saturated heterocycles. The molecule has 5 nitrogen and oxygen atoms in total. The van der Waals surface area contributed by atoms with E-state index in [1.54, 1.807) is 24.3 Å². The largest absolute Gasteiger partial charge is 0.505 e. The molecule has 0 atom stereocenters. The summed E-state index contributed by atoms with van der Waals surface area (Å²) >= 11 is 22.4. The first-order valence-electron chi connectivity index (χ1n) is 6.52. The van der Waals surface area contributed by atoms with Crippen molar-refractivity contribution in [3.63, 3.8) is 0 Å². The highest BCUT2D eigenvalue weighted by Crippen LogP contribution is 2.34. The third-order valence-electron chi connectivity index (χ3n) is 2.71. The molecule has 0 aliphatic carbocycles. The average Bonchev–Trinajstić information content (AvgIpc) is 2.52. The van der Waals surface area contributed by atoms with Gasteiger partial charge in [0.2, 0.25) is 0 Å². The van der Waals surface area contributed by atoms with Crippen molar-refractivity contribution in [2.24, 2.45) is 0 Å². The summed E-state index contributed by atoms with van der Waals surface area (Å²) < 4.78 is 5.29. The average molecular weight is 406 g/mol. The molecule has 0 spiro atoms. The van der Waals surface area contributed by atoms with Gasteiger partial charge in [-0.05, 0) is 48.6 Å². The number of rotatable bonds is 4. The smallest absolute Gasteiger partial charge is 0.264 e. The number of phenols is 1. The van der Waals surface area contributed by atoms with E-state index in [2.05, 4.69) is 10.6 Å². The van der Waals surface area contributed by atoms with Crippen LogP contribution >= 0.6 is 47.0 Å². The maximum Gasteiger partial charge on any atom is 0.264 e. The molecule has 3 N–H and O–H groups in total. The first-order valence-corrected chi connectivity index (χ1v) is 8.06. The van der Waals surface area contributed by atoms with E-state index in [1.807, 2.05) is 0 Å². The second-order valence-corrected chi connectivity index (χ2v) is 6.19. The molecule has 24 heavy (non-hydrogen) atoms. The minimum Gasteiger partial charge on any atom is -0.505 e. The van der Waals surface area contributed by atoms with Gasteiger partial charge in [-0.25, -0.2) is 0 Å². The fourth-order valence-corrected chi connectivity index (χ4v) is 2.49. The SMILES string of the molecule is O=C(COc1ccc(Cl)cc1)NC(=S)Nc1cc(Cl)c(O)c(Cl)c1. The summed E-state index contributed by atoms with van der Waals surface area (Å²) in [5, 5.41) is 15.4. The summed E-state index contributed by atoms with van der Waals surface area (Å²) in [5.41, 5.74) is 0.423. The third-order valence-corrected chi connectivity index (χ3v) is 3.74. The zero-order chi connectivity index (χ0) is 17.7. The number of halogens is 3.